The molecule has 3 aromatic rings. The maximum absolute atomic E-state index is 11.2. The van der Waals surface area contributed by atoms with E-state index >= 15 is 0 Å². The van der Waals surface area contributed by atoms with Gasteiger partial charge in [-0.3, -0.25) is 14.9 Å². The third kappa shape index (κ3) is 7.36. The van der Waals surface area contributed by atoms with Crippen molar-refractivity contribution >= 4 is 22.9 Å². The molecule has 0 aliphatic carbocycles. The number of amides is 1. The van der Waals surface area contributed by atoms with E-state index in [0.717, 1.165) is 31.6 Å². The van der Waals surface area contributed by atoms with Crippen molar-refractivity contribution in [3.8, 4) is 0 Å². The molecule has 5 nitrogen and oxygen atoms in total. The van der Waals surface area contributed by atoms with Gasteiger partial charge in [-0.25, -0.2) is 5.48 Å². The Morgan fingerprint density at radius 3 is 2.59 bits per heavy atom. The van der Waals surface area contributed by atoms with Crippen LogP contribution in [0, 0.1) is 0 Å². The fourth-order valence-electron chi connectivity index (χ4n) is 4.03. The van der Waals surface area contributed by atoms with E-state index in [9.17, 15) is 4.79 Å². The normalized spacial score (nSPS) is 11.6. The zero-order chi connectivity index (χ0) is 22.6. The van der Waals surface area contributed by atoms with E-state index in [-0.39, 0.29) is 0 Å². The second-order valence-corrected chi connectivity index (χ2v) is 8.35. The number of nitrogens with zero attached hydrogens (tertiary/aromatic N) is 1. The zero-order valence-corrected chi connectivity index (χ0v) is 19.0. The van der Waals surface area contributed by atoms with Crippen LogP contribution in [0.2, 0.25) is 0 Å². The Kier molecular flexibility index (Phi) is 9.54. The highest BCUT2D eigenvalue weighted by molar-refractivity contribution is 5.90. The highest BCUT2D eigenvalue weighted by Crippen LogP contribution is 2.19. The number of nitrogens with one attached hydrogen (secondary N) is 2. The minimum Gasteiger partial charge on any atom is -0.361 e. The monoisotopic (exact) mass is 433 g/mol. The summed E-state index contributed by atoms with van der Waals surface area (Å²) in [4.78, 5) is 17.1. The van der Waals surface area contributed by atoms with E-state index in [0.29, 0.717) is 0 Å². The number of carbonyl (C=O) groups excluding carboxylic acids is 1. The lowest BCUT2D eigenvalue weighted by Crippen LogP contribution is -2.27. The number of benzene rings is 2. The molecule has 0 fully saturated rings. The van der Waals surface area contributed by atoms with Crippen LogP contribution in [0.3, 0.4) is 0 Å². The van der Waals surface area contributed by atoms with Crippen LogP contribution in [-0.4, -0.2) is 34.1 Å². The summed E-state index contributed by atoms with van der Waals surface area (Å²) in [6.45, 7) is 5.29. The Morgan fingerprint density at radius 2 is 1.81 bits per heavy atom. The Labute approximate surface area is 191 Å². The van der Waals surface area contributed by atoms with Gasteiger partial charge in [0.2, 0.25) is 0 Å². The summed E-state index contributed by atoms with van der Waals surface area (Å²) >= 11 is 0. The minimum atomic E-state index is -0.527. The number of hydrogen-bond donors (Lipinski definition) is 3. The number of aromatic amines is 1. The molecule has 3 rings (SSSR count). The largest absolute Gasteiger partial charge is 0.361 e. The van der Waals surface area contributed by atoms with E-state index in [4.69, 9.17) is 5.21 Å². The van der Waals surface area contributed by atoms with Crippen molar-refractivity contribution in [2.24, 2.45) is 0 Å². The first kappa shape index (κ1) is 23.8. The summed E-state index contributed by atoms with van der Waals surface area (Å²) in [5.41, 5.74) is 6.38. The first-order chi connectivity index (χ1) is 15.7. The van der Waals surface area contributed by atoms with Gasteiger partial charge in [0, 0.05) is 36.3 Å². The van der Waals surface area contributed by atoms with Gasteiger partial charge in [-0.15, -0.1) is 0 Å². The van der Waals surface area contributed by atoms with Crippen molar-refractivity contribution < 1.29 is 10.0 Å². The molecule has 0 bridgehead atoms. The lowest BCUT2D eigenvalue weighted by Gasteiger charge is -2.22. The van der Waals surface area contributed by atoms with E-state index in [1.165, 1.54) is 60.2 Å². The predicted molar refractivity (Wildman–Crippen MR) is 131 cm³/mol. The Bertz CT molecular complexity index is 992. The molecule has 0 aliphatic rings. The van der Waals surface area contributed by atoms with Gasteiger partial charge in [0.1, 0.15) is 0 Å². The maximum atomic E-state index is 11.2. The molecular weight excluding hydrogens is 398 g/mol. The molecule has 170 valence electrons. The van der Waals surface area contributed by atoms with Gasteiger partial charge < -0.3 is 4.98 Å². The Hall–Kier alpha value is -2.89. The Morgan fingerprint density at radius 1 is 1.03 bits per heavy atom. The smallest absolute Gasteiger partial charge is 0.267 e. The fourth-order valence-corrected chi connectivity index (χ4v) is 4.03. The van der Waals surface area contributed by atoms with Crippen molar-refractivity contribution in [3.05, 3.63) is 77.5 Å². The second-order valence-electron chi connectivity index (χ2n) is 8.35. The quantitative estimate of drug-likeness (QED) is 0.140. The molecule has 3 N–H and O–H groups in total. The lowest BCUT2D eigenvalue weighted by molar-refractivity contribution is -0.124. The molecule has 0 aliphatic heterocycles. The highest BCUT2D eigenvalue weighted by Gasteiger charge is 2.09. The number of H-pyrrole nitrogens is 1. The van der Waals surface area contributed by atoms with Crippen molar-refractivity contribution in [1.82, 2.24) is 15.4 Å². The van der Waals surface area contributed by atoms with Crippen molar-refractivity contribution in [1.29, 1.82) is 0 Å². The summed E-state index contributed by atoms with van der Waals surface area (Å²) in [5, 5.41) is 9.91. The van der Waals surface area contributed by atoms with Crippen molar-refractivity contribution in [3.63, 3.8) is 0 Å². The van der Waals surface area contributed by atoms with E-state index in [1.54, 1.807) is 11.6 Å². The standard InChI is InChI=1S/C27H35N3O2/c1-2-3-4-5-8-18-30(19-17-24-20-28-26-10-7-6-9-25(24)26)21-23-13-11-22(12-14-23)15-16-27(31)29-32/h6-7,9-16,20,28,32H,2-5,8,17-19,21H2,1H3,(H,29,31)/b16-15+. The number of fused-ring (bicyclic) bond motifs is 1. The highest BCUT2D eigenvalue weighted by atomic mass is 16.5. The van der Waals surface area contributed by atoms with Gasteiger partial charge in [0.05, 0.1) is 0 Å². The first-order valence-corrected chi connectivity index (χ1v) is 11.7. The van der Waals surface area contributed by atoms with Crippen molar-refractivity contribution in [2.45, 2.75) is 52.0 Å². The van der Waals surface area contributed by atoms with Crippen LogP contribution in [0.4, 0.5) is 0 Å². The van der Waals surface area contributed by atoms with Crippen LogP contribution in [0.15, 0.2) is 60.8 Å². The third-order valence-corrected chi connectivity index (χ3v) is 5.87. The topological polar surface area (TPSA) is 68.4 Å². The van der Waals surface area contributed by atoms with Crippen LogP contribution >= 0.6 is 0 Å². The molecule has 32 heavy (non-hydrogen) atoms. The van der Waals surface area contributed by atoms with Crippen molar-refractivity contribution in [2.75, 3.05) is 13.1 Å². The van der Waals surface area contributed by atoms with Gasteiger partial charge in [-0.1, -0.05) is 75.1 Å². The number of carbonyl (C=O) groups is 1. The van der Waals surface area contributed by atoms with Crippen LogP contribution in [-0.2, 0) is 17.8 Å². The molecule has 0 atom stereocenters. The van der Waals surface area contributed by atoms with E-state index < -0.39 is 5.91 Å². The van der Waals surface area contributed by atoms with Crippen LogP contribution in [0.25, 0.3) is 17.0 Å². The summed E-state index contributed by atoms with van der Waals surface area (Å²) in [6.07, 6.45) is 12.6. The number of para-hydroxylation sites is 1. The van der Waals surface area contributed by atoms with Gasteiger partial charge in [-0.05, 0) is 48.2 Å². The summed E-state index contributed by atoms with van der Waals surface area (Å²) < 4.78 is 0. The first-order valence-electron chi connectivity index (χ1n) is 11.7. The fraction of sp³-hybridized carbons (Fsp3) is 0.370. The minimum absolute atomic E-state index is 0.527. The molecule has 0 spiro atoms. The number of aromatic nitrogens is 1. The van der Waals surface area contributed by atoms with Gasteiger partial charge in [0.15, 0.2) is 0 Å². The van der Waals surface area contributed by atoms with Crippen LogP contribution < -0.4 is 5.48 Å². The summed E-state index contributed by atoms with van der Waals surface area (Å²) in [6, 6.07) is 16.7. The van der Waals surface area contributed by atoms with Crippen LogP contribution in [0.1, 0.15) is 55.7 Å². The molecule has 5 heteroatoms. The SMILES string of the molecule is CCCCCCCN(CCc1c[nH]c2ccccc12)Cc1ccc(/C=C/C(=O)NO)cc1. The van der Waals surface area contributed by atoms with Crippen LogP contribution in [0.5, 0.6) is 0 Å². The summed E-state index contributed by atoms with van der Waals surface area (Å²) in [7, 11) is 0. The van der Waals surface area contributed by atoms with E-state index in [1.807, 2.05) is 12.1 Å². The third-order valence-electron chi connectivity index (χ3n) is 5.87. The van der Waals surface area contributed by atoms with Gasteiger partial charge in [0.25, 0.3) is 5.91 Å². The average molecular weight is 434 g/mol. The number of hydrogen-bond acceptors (Lipinski definition) is 3. The van der Waals surface area contributed by atoms with Gasteiger partial charge in [-0.2, -0.15) is 0 Å². The number of unbranched alkanes of at least 4 members (excludes halogenated alkanes) is 4. The van der Waals surface area contributed by atoms with Gasteiger partial charge >= 0.3 is 0 Å². The maximum Gasteiger partial charge on any atom is 0.267 e. The molecule has 0 saturated heterocycles. The molecule has 2 aromatic carbocycles. The molecule has 1 heterocycles. The molecule has 0 unspecified atom stereocenters. The Balaban J connectivity index is 1.61. The molecule has 1 aromatic heterocycles. The molecular formula is C27H35N3O2. The predicted octanol–water partition coefficient (Wildman–Crippen LogP) is 5.70. The molecule has 1 amide bonds. The van der Waals surface area contributed by atoms with E-state index in [2.05, 4.69) is 59.4 Å². The average Bonchev–Trinajstić information content (AvgIpc) is 3.24. The number of rotatable bonds is 13. The second kappa shape index (κ2) is 12.8. The molecule has 0 radical (unpaired) electrons. The molecule has 0 saturated carbocycles. The lowest BCUT2D eigenvalue weighted by atomic mass is 10.1. The number of hydroxylamine groups is 1. The summed E-state index contributed by atoms with van der Waals surface area (Å²) in [5.74, 6) is -0.527. The zero-order valence-electron chi connectivity index (χ0n) is 19.0.